The monoisotopic (exact) mass is 227 g/mol. The standard InChI is InChI=1S/C14H29NO/c1-3-5-9-16-10-8-13-11-12(4-2)6-7-14(13)15/h12-14H,3-11,15H2,1-2H3. The zero-order valence-electron chi connectivity index (χ0n) is 11.1. The highest BCUT2D eigenvalue weighted by molar-refractivity contribution is 4.81. The van der Waals surface area contributed by atoms with E-state index in [4.69, 9.17) is 10.5 Å². The van der Waals surface area contributed by atoms with Gasteiger partial charge in [0.05, 0.1) is 0 Å². The summed E-state index contributed by atoms with van der Waals surface area (Å²) in [4.78, 5) is 0. The number of rotatable bonds is 7. The second-order valence-electron chi connectivity index (χ2n) is 5.27. The molecular weight excluding hydrogens is 198 g/mol. The van der Waals surface area contributed by atoms with Gasteiger partial charge in [-0.3, -0.25) is 0 Å². The molecule has 0 aromatic rings. The largest absolute Gasteiger partial charge is 0.381 e. The van der Waals surface area contributed by atoms with Gasteiger partial charge in [-0.1, -0.05) is 26.7 Å². The average Bonchev–Trinajstić information content (AvgIpc) is 2.31. The van der Waals surface area contributed by atoms with Gasteiger partial charge in [0.15, 0.2) is 0 Å². The number of nitrogens with two attached hydrogens (primary N) is 1. The van der Waals surface area contributed by atoms with Gasteiger partial charge in [-0.2, -0.15) is 0 Å². The first-order valence-corrected chi connectivity index (χ1v) is 7.11. The summed E-state index contributed by atoms with van der Waals surface area (Å²) in [5.74, 6) is 1.63. The lowest BCUT2D eigenvalue weighted by Crippen LogP contribution is -2.36. The number of hydrogen-bond donors (Lipinski definition) is 1. The Hall–Kier alpha value is -0.0800. The van der Waals surface area contributed by atoms with E-state index in [-0.39, 0.29) is 0 Å². The average molecular weight is 227 g/mol. The smallest absolute Gasteiger partial charge is 0.0469 e. The lowest BCUT2D eigenvalue weighted by molar-refractivity contribution is 0.0995. The Kier molecular flexibility index (Phi) is 7.06. The maximum absolute atomic E-state index is 6.18. The second kappa shape index (κ2) is 8.08. The molecule has 0 bridgehead atoms. The Morgan fingerprint density at radius 2 is 2.00 bits per heavy atom. The van der Waals surface area contributed by atoms with E-state index in [1.165, 1.54) is 44.9 Å². The third-order valence-electron chi connectivity index (χ3n) is 4.00. The Morgan fingerprint density at radius 3 is 2.69 bits per heavy atom. The highest BCUT2D eigenvalue weighted by atomic mass is 16.5. The Balaban J connectivity index is 2.13. The Bertz CT molecular complexity index is 172. The molecule has 2 nitrogen and oxygen atoms in total. The van der Waals surface area contributed by atoms with Gasteiger partial charge >= 0.3 is 0 Å². The predicted molar refractivity (Wildman–Crippen MR) is 69.4 cm³/mol. The van der Waals surface area contributed by atoms with Crippen LogP contribution in [0.25, 0.3) is 0 Å². The first-order chi connectivity index (χ1) is 7.77. The first-order valence-electron chi connectivity index (χ1n) is 7.11. The first kappa shape index (κ1) is 14.0. The molecule has 0 amide bonds. The van der Waals surface area contributed by atoms with Crippen LogP contribution in [0.2, 0.25) is 0 Å². The molecule has 1 aliphatic rings. The summed E-state index contributed by atoms with van der Waals surface area (Å²) in [7, 11) is 0. The molecule has 2 heteroatoms. The van der Waals surface area contributed by atoms with Crippen LogP contribution in [0.1, 0.15) is 58.8 Å². The third kappa shape index (κ3) is 4.84. The highest BCUT2D eigenvalue weighted by Gasteiger charge is 2.26. The summed E-state index contributed by atoms with van der Waals surface area (Å²) in [5, 5.41) is 0. The van der Waals surface area contributed by atoms with Crippen molar-refractivity contribution in [1.82, 2.24) is 0 Å². The van der Waals surface area contributed by atoms with Gasteiger partial charge in [-0.15, -0.1) is 0 Å². The molecule has 0 radical (unpaired) electrons. The molecule has 16 heavy (non-hydrogen) atoms. The molecule has 0 saturated heterocycles. The van der Waals surface area contributed by atoms with E-state index < -0.39 is 0 Å². The van der Waals surface area contributed by atoms with Gasteiger partial charge in [0.25, 0.3) is 0 Å². The third-order valence-corrected chi connectivity index (χ3v) is 4.00. The van der Waals surface area contributed by atoms with Gasteiger partial charge in [0.2, 0.25) is 0 Å². The molecule has 2 N–H and O–H groups in total. The summed E-state index contributed by atoms with van der Waals surface area (Å²) in [6, 6.07) is 0.428. The molecule has 1 aliphatic carbocycles. The molecule has 96 valence electrons. The van der Waals surface area contributed by atoms with Gasteiger partial charge < -0.3 is 10.5 Å². The van der Waals surface area contributed by atoms with Crippen LogP contribution in [0, 0.1) is 11.8 Å². The van der Waals surface area contributed by atoms with Crippen LogP contribution in [0.15, 0.2) is 0 Å². The molecule has 0 spiro atoms. The van der Waals surface area contributed by atoms with E-state index in [0.29, 0.717) is 12.0 Å². The van der Waals surface area contributed by atoms with E-state index in [2.05, 4.69) is 13.8 Å². The van der Waals surface area contributed by atoms with Crippen molar-refractivity contribution in [3.05, 3.63) is 0 Å². The summed E-state index contributed by atoms with van der Waals surface area (Å²) >= 11 is 0. The zero-order chi connectivity index (χ0) is 11.8. The molecule has 0 aliphatic heterocycles. The van der Waals surface area contributed by atoms with Crippen molar-refractivity contribution in [2.24, 2.45) is 17.6 Å². The van der Waals surface area contributed by atoms with Crippen molar-refractivity contribution in [3.63, 3.8) is 0 Å². The number of unbranched alkanes of at least 4 members (excludes halogenated alkanes) is 1. The molecule has 1 fully saturated rings. The number of hydrogen-bond acceptors (Lipinski definition) is 2. The van der Waals surface area contributed by atoms with Gasteiger partial charge in [0, 0.05) is 19.3 Å². The van der Waals surface area contributed by atoms with Crippen molar-refractivity contribution >= 4 is 0 Å². The van der Waals surface area contributed by atoms with E-state index in [0.717, 1.165) is 19.1 Å². The number of ether oxygens (including phenoxy) is 1. The van der Waals surface area contributed by atoms with Gasteiger partial charge in [0.1, 0.15) is 0 Å². The zero-order valence-corrected chi connectivity index (χ0v) is 11.1. The van der Waals surface area contributed by atoms with Crippen LogP contribution in [-0.4, -0.2) is 19.3 Å². The van der Waals surface area contributed by atoms with E-state index in [1.54, 1.807) is 0 Å². The van der Waals surface area contributed by atoms with Gasteiger partial charge in [-0.25, -0.2) is 0 Å². The highest BCUT2D eigenvalue weighted by Crippen LogP contribution is 2.32. The van der Waals surface area contributed by atoms with Crippen molar-refractivity contribution in [3.8, 4) is 0 Å². The van der Waals surface area contributed by atoms with Gasteiger partial charge in [-0.05, 0) is 43.9 Å². The molecule has 1 saturated carbocycles. The fraction of sp³-hybridized carbons (Fsp3) is 1.00. The second-order valence-corrected chi connectivity index (χ2v) is 5.27. The summed E-state index contributed by atoms with van der Waals surface area (Å²) in [6.07, 6.45) is 8.79. The lowest BCUT2D eigenvalue weighted by Gasteiger charge is -2.33. The maximum atomic E-state index is 6.18. The minimum Gasteiger partial charge on any atom is -0.381 e. The SMILES string of the molecule is CCCCOCCC1CC(CC)CCC1N. The molecule has 3 unspecified atom stereocenters. The minimum absolute atomic E-state index is 0.428. The van der Waals surface area contributed by atoms with E-state index in [1.807, 2.05) is 0 Å². The molecule has 0 aromatic heterocycles. The molecule has 3 atom stereocenters. The summed E-state index contributed by atoms with van der Waals surface area (Å²) in [6.45, 7) is 6.34. The van der Waals surface area contributed by atoms with E-state index in [9.17, 15) is 0 Å². The normalized spacial score (nSPS) is 30.6. The predicted octanol–water partition coefficient (Wildman–Crippen LogP) is 3.35. The maximum Gasteiger partial charge on any atom is 0.0469 e. The van der Waals surface area contributed by atoms with Crippen LogP contribution >= 0.6 is 0 Å². The van der Waals surface area contributed by atoms with Crippen LogP contribution in [0.3, 0.4) is 0 Å². The van der Waals surface area contributed by atoms with Crippen LogP contribution in [0.5, 0.6) is 0 Å². The summed E-state index contributed by atoms with van der Waals surface area (Å²) < 4.78 is 5.64. The Labute approximate surface area is 101 Å². The molecular formula is C14H29NO. The van der Waals surface area contributed by atoms with Crippen molar-refractivity contribution in [1.29, 1.82) is 0 Å². The fourth-order valence-electron chi connectivity index (χ4n) is 2.67. The summed E-state index contributed by atoms with van der Waals surface area (Å²) in [5.41, 5.74) is 6.18. The Morgan fingerprint density at radius 1 is 1.19 bits per heavy atom. The molecule has 1 rings (SSSR count). The quantitative estimate of drug-likeness (QED) is 0.677. The van der Waals surface area contributed by atoms with Crippen molar-refractivity contribution < 1.29 is 4.74 Å². The fourth-order valence-corrected chi connectivity index (χ4v) is 2.67. The lowest BCUT2D eigenvalue weighted by atomic mass is 9.76. The van der Waals surface area contributed by atoms with Crippen LogP contribution in [0.4, 0.5) is 0 Å². The van der Waals surface area contributed by atoms with Crippen LogP contribution < -0.4 is 5.73 Å². The van der Waals surface area contributed by atoms with Crippen molar-refractivity contribution in [2.75, 3.05) is 13.2 Å². The topological polar surface area (TPSA) is 35.2 Å². The minimum atomic E-state index is 0.428. The van der Waals surface area contributed by atoms with Crippen LogP contribution in [-0.2, 0) is 4.74 Å². The van der Waals surface area contributed by atoms with E-state index >= 15 is 0 Å². The molecule has 0 heterocycles. The molecule has 0 aromatic carbocycles. The van der Waals surface area contributed by atoms with Crippen molar-refractivity contribution in [2.45, 2.75) is 64.8 Å².